The van der Waals surface area contributed by atoms with Gasteiger partial charge in [-0.1, -0.05) is 77.3 Å². The zero-order chi connectivity index (χ0) is 33.4. The van der Waals surface area contributed by atoms with E-state index in [9.17, 15) is 18.0 Å². The van der Waals surface area contributed by atoms with Gasteiger partial charge in [0.15, 0.2) is 0 Å². The molecule has 0 heterocycles. The molecule has 11 heteroatoms. The Morgan fingerprint density at radius 3 is 2.09 bits per heavy atom. The van der Waals surface area contributed by atoms with Crippen LogP contribution in [0.4, 0.5) is 5.69 Å². The smallest absolute Gasteiger partial charge is 0.264 e. The van der Waals surface area contributed by atoms with Crippen LogP contribution in [-0.4, -0.2) is 50.9 Å². The summed E-state index contributed by atoms with van der Waals surface area (Å²) in [7, 11) is -2.71. The summed E-state index contributed by atoms with van der Waals surface area (Å²) in [4.78, 5) is 29.7. The van der Waals surface area contributed by atoms with Gasteiger partial charge in [-0.25, -0.2) is 8.42 Å². The summed E-state index contributed by atoms with van der Waals surface area (Å²) in [6.45, 7) is 4.92. The van der Waals surface area contributed by atoms with E-state index in [4.69, 9.17) is 27.9 Å². The van der Waals surface area contributed by atoms with Gasteiger partial charge in [-0.15, -0.1) is 0 Å². The number of nitrogens with zero attached hydrogens (tertiary/aromatic N) is 2. The number of rotatable bonds is 13. The third-order valence-electron chi connectivity index (χ3n) is 7.29. The summed E-state index contributed by atoms with van der Waals surface area (Å²) in [6.07, 6.45) is 0.194. The highest BCUT2D eigenvalue weighted by molar-refractivity contribution is 7.92. The van der Waals surface area contributed by atoms with Crippen molar-refractivity contribution in [2.24, 2.45) is 0 Å². The molecule has 4 aromatic rings. The monoisotopic (exact) mass is 681 g/mol. The van der Waals surface area contributed by atoms with E-state index in [0.29, 0.717) is 21.4 Å². The number of benzene rings is 4. The first kappa shape index (κ1) is 34.8. The largest absolute Gasteiger partial charge is 0.497 e. The minimum Gasteiger partial charge on any atom is -0.497 e. The summed E-state index contributed by atoms with van der Waals surface area (Å²) in [5.41, 5.74) is 2.60. The molecule has 0 fully saturated rings. The molecule has 0 saturated heterocycles. The second-order valence-corrected chi connectivity index (χ2v) is 13.8. The summed E-state index contributed by atoms with van der Waals surface area (Å²) in [5, 5.41) is 3.57. The molecule has 2 amide bonds. The Bertz CT molecular complexity index is 1750. The molecule has 4 aromatic carbocycles. The molecule has 0 aliphatic heterocycles. The lowest BCUT2D eigenvalue weighted by atomic mass is 10.0. The minimum absolute atomic E-state index is 0.0242. The first-order chi connectivity index (χ1) is 21.9. The number of carbonyl (C=O) groups is 2. The van der Waals surface area contributed by atoms with Gasteiger partial charge < -0.3 is 15.0 Å². The van der Waals surface area contributed by atoms with Crippen LogP contribution < -0.4 is 14.4 Å². The van der Waals surface area contributed by atoms with Crippen molar-refractivity contribution < 1.29 is 22.7 Å². The summed E-state index contributed by atoms with van der Waals surface area (Å²) in [5.74, 6) is -0.431. The molecule has 46 heavy (non-hydrogen) atoms. The van der Waals surface area contributed by atoms with Crippen LogP contribution in [0.25, 0.3) is 0 Å². The Labute approximate surface area is 280 Å². The summed E-state index contributed by atoms with van der Waals surface area (Å²) >= 11 is 12.5. The quantitative estimate of drug-likeness (QED) is 0.170. The molecular formula is C35H37Cl2N3O5S. The average molecular weight is 683 g/mol. The molecule has 0 bridgehead atoms. The fourth-order valence-corrected chi connectivity index (χ4v) is 6.62. The van der Waals surface area contributed by atoms with E-state index in [1.165, 1.54) is 24.1 Å². The molecule has 8 nitrogen and oxygen atoms in total. The van der Waals surface area contributed by atoms with Crippen LogP contribution >= 0.6 is 23.2 Å². The highest BCUT2D eigenvalue weighted by atomic mass is 35.5. The van der Waals surface area contributed by atoms with E-state index in [-0.39, 0.29) is 35.5 Å². The van der Waals surface area contributed by atoms with Gasteiger partial charge >= 0.3 is 0 Å². The van der Waals surface area contributed by atoms with Crippen molar-refractivity contribution in [3.63, 3.8) is 0 Å². The molecule has 0 radical (unpaired) electrons. The van der Waals surface area contributed by atoms with Gasteiger partial charge in [0, 0.05) is 19.0 Å². The number of halogens is 2. The highest BCUT2D eigenvalue weighted by Crippen LogP contribution is 2.28. The van der Waals surface area contributed by atoms with Gasteiger partial charge in [0.05, 0.1) is 27.7 Å². The predicted octanol–water partition coefficient (Wildman–Crippen LogP) is 6.67. The third-order valence-corrected chi connectivity index (χ3v) is 9.81. The molecule has 1 N–H and O–H groups in total. The Hall–Kier alpha value is -4.05. The maximum atomic E-state index is 14.5. The lowest BCUT2D eigenvalue weighted by molar-refractivity contribution is -0.140. The van der Waals surface area contributed by atoms with Gasteiger partial charge in [-0.05, 0) is 80.4 Å². The van der Waals surface area contributed by atoms with Crippen LogP contribution in [0, 0.1) is 6.92 Å². The Morgan fingerprint density at radius 1 is 0.848 bits per heavy atom. The van der Waals surface area contributed by atoms with Crippen LogP contribution in [0.2, 0.25) is 10.0 Å². The highest BCUT2D eigenvalue weighted by Gasteiger charge is 2.35. The maximum Gasteiger partial charge on any atom is 0.264 e. The lowest BCUT2D eigenvalue weighted by Gasteiger charge is -2.34. The molecule has 0 aromatic heterocycles. The number of sulfonamides is 1. The first-order valence-electron chi connectivity index (χ1n) is 14.7. The van der Waals surface area contributed by atoms with Crippen LogP contribution in [0.5, 0.6) is 5.75 Å². The molecule has 0 aliphatic rings. The molecule has 0 saturated carbocycles. The number of hydrogen-bond acceptors (Lipinski definition) is 5. The third kappa shape index (κ3) is 8.81. The summed E-state index contributed by atoms with van der Waals surface area (Å²) in [6, 6.07) is 25.9. The molecule has 1 atom stereocenters. The van der Waals surface area contributed by atoms with Crippen molar-refractivity contribution in [3.8, 4) is 5.75 Å². The summed E-state index contributed by atoms with van der Waals surface area (Å²) < 4.78 is 34.6. The van der Waals surface area contributed by atoms with E-state index in [1.54, 1.807) is 54.6 Å². The number of carbonyl (C=O) groups excluding carboxylic acids is 2. The zero-order valence-electron chi connectivity index (χ0n) is 26.1. The lowest BCUT2D eigenvalue weighted by Crippen LogP contribution is -2.54. The fourth-order valence-electron chi connectivity index (χ4n) is 4.88. The van der Waals surface area contributed by atoms with Crippen LogP contribution in [-0.2, 0) is 32.6 Å². The molecule has 242 valence electrons. The number of amides is 2. The van der Waals surface area contributed by atoms with E-state index in [1.807, 2.05) is 51.1 Å². The fraction of sp³-hybridized carbons (Fsp3) is 0.257. The number of aryl methyl sites for hydroxylation is 1. The zero-order valence-corrected chi connectivity index (χ0v) is 28.4. The second-order valence-electron chi connectivity index (χ2n) is 11.2. The van der Waals surface area contributed by atoms with E-state index < -0.39 is 28.5 Å². The van der Waals surface area contributed by atoms with Crippen molar-refractivity contribution in [1.82, 2.24) is 10.2 Å². The molecule has 0 aliphatic carbocycles. The van der Waals surface area contributed by atoms with Crippen molar-refractivity contribution in [2.45, 2.75) is 50.7 Å². The maximum absolute atomic E-state index is 14.5. The van der Waals surface area contributed by atoms with Crippen LogP contribution in [0.1, 0.15) is 30.5 Å². The van der Waals surface area contributed by atoms with Gasteiger partial charge in [0.1, 0.15) is 18.3 Å². The standard InChI is InChI=1S/C35H37Cl2N3O5S/c1-24(2)38-35(42)33(21-26-8-6-5-7-9-26)39(22-27-12-19-31(36)32(37)20-27)34(41)23-40(28-13-15-29(45-4)16-14-28)46(43,44)30-17-10-25(3)11-18-30/h5-20,24,33H,21-23H2,1-4H3,(H,38,42). The van der Waals surface area contributed by atoms with E-state index in [0.717, 1.165) is 15.4 Å². The second kappa shape index (κ2) is 15.5. The van der Waals surface area contributed by atoms with Gasteiger partial charge in [-0.3, -0.25) is 13.9 Å². The number of nitrogens with one attached hydrogen (secondary N) is 1. The number of hydrogen-bond donors (Lipinski definition) is 1. The van der Waals surface area contributed by atoms with E-state index in [2.05, 4.69) is 5.32 Å². The Kier molecular flexibility index (Phi) is 11.7. The Balaban J connectivity index is 1.82. The van der Waals surface area contributed by atoms with Crippen LogP contribution in [0.15, 0.2) is 102 Å². The number of anilines is 1. The predicted molar refractivity (Wildman–Crippen MR) is 183 cm³/mol. The van der Waals surface area contributed by atoms with Gasteiger partial charge in [-0.2, -0.15) is 0 Å². The molecular weight excluding hydrogens is 645 g/mol. The number of methoxy groups -OCH3 is 1. The first-order valence-corrected chi connectivity index (χ1v) is 16.9. The Morgan fingerprint density at radius 2 is 1.50 bits per heavy atom. The van der Waals surface area contributed by atoms with Crippen molar-refractivity contribution in [1.29, 1.82) is 0 Å². The average Bonchev–Trinajstić information content (AvgIpc) is 3.03. The van der Waals surface area contributed by atoms with Gasteiger partial charge in [0.25, 0.3) is 10.0 Å². The SMILES string of the molecule is COc1ccc(N(CC(=O)N(Cc2ccc(Cl)c(Cl)c2)C(Cc2ccccc2)C(=O)NC(C)C)S(=O)(=O)c2ccc(C)cc2)cc1. The van der Waals surface area contributed by atoms with Gasteiger partial charge in [0.2, 0.25) is 11.8 Å². The van der Waals surface area contributed by atoms with Crippen molar-refractivity contribution in [3.05, 3.63) is 124 Å². The topological polar surface area (TPSA) is 96.0 Å². The molecule has 0 spiro atoms. The molecule has 1 unspecified atom stereocenters. The van der Waals surface area contributed by atoms with E-state index >= 15 is 0 Å². The minimum atomic E-state index is -4.22. The van der Waals surface area contributed by atoms with Crippen LogP contribution in [0.3, 0.4) is 0 Å². The van der Waals surface area contributed by atoms with Crippen molar-refractivity contribution >= 4 is 50.7 Å². The van der Waals surface area contributed by atoms with Crippen molar-refractivity contribution in [2.75, 3.05) is 18.0 Å². The normalized spacial score (nSPS) is 12.0. The molecule has 4 rings (SSSR count). The number of ether oxygens (including phenoxy) is 1.